The molecule has 6 nitrogen and oxygen atoms in total. The Bertz CT molecular complexity index is 691. The van der Waals surface area contributed by atoms with Crippen molar-refractivity contribution in [2.75, 3.05) is 5.32 Å². The predicted octanol–water partition coefficient (Wildman–Crippen LogP) is 4.05. The number of nitrogens with one attached hydrogen (secondary N) is 1. The van der Waals surface area contributed by atoms with Crippen LogP contribution in [-0.2, 0) is 0 Å². The number of rotatable bonds is 3. The number of hydrogen-bond acceptors (Lipinski definition) is 5. The minimum atomic E-state index is -0.559. The summed E-state index contributed by atoms with van der Waals surface area (Å²) in [4.78, 5) is 18.2. The zero-order valence-corrected chi connectivity index (χ0v) is 12.2. The lowest BCUT2D eigenvalue weighted by Gasteiger charge is -2.09. The quantitative estimate of drug-likeness (QED) is 0.525. The molecule has 0 aliphatic rings. The van der Waals surface area contributed by atoms with Crippen molar-refractivity contribution >= 4 is 40.4 Å². The number of nitro groups is 1. The third-order valence-electron chi connectivity index (χ3n) is 2.59. The predicted molar refractivity (Wildman–Crippen MR) is 77.9 cm³/mol. The normalized spacial score (nSPS) is 10.4. The molecule has 0 saturated carbocycles. The maximum Gasteiger partial charge on any atom is 0.332 e. The lowest BCUT2D eigenvalue weighted by molar-refractivity contribution is -0.385. The van der Waals surface area contributed by atoms with Crippen molar-refractivity contribution in [2.45, 2.75) is 13.8 Å². The Labute approximate surface area is 124 Å². The van der Waals surface area contributed by atoms with Crippen molar-refractivity contribution in [1.82, 2.24) is 9.97 Å². The SMILES string of the molecule is Cc1ccc(Nc2nc(Cl)nc(C)c2[N+](=O)[O-])c(Cl)c1. The lowest BCUT2D eigenvalue weighted by atomic mass is 10.2. The first-order chi connectivity index (χ1) is 9.38. The first-order valence-electron chi connectivity index (χ1n) is 5.60. The Morgan fingerprint density at radius 1 is 1.25 bits per heavy atom. The van der Waals surface area contributed by atoms with Gasteiger partial charge in [-0.25, -0.2) is 4.98 Å². The van der Waals surface area contributed by atoms with Crippen LogP contribution in [-0.4, -0.2) is 14.9 Å². The molecule has 0 unspecified atom stereocenters. The van der Waals surface area contributed by atoms with Crippen LogP contribution in [0, 0.1) is 24.0 Å². The molecule has 0 radical (unpaired) electrons. The zero-order valence-electron chi connectivity index (χ0n) is 10.6. The Hall–Kier alpha value is -1.92. The van der Waals surface area contributed by atoms with Crippen molar-refractivity contribution in [2.24, 2.45) is 0 Å². The van der Waals surface area contributed by atoms with Gasteiger partial charge in [0.25, 0.3) is 0 Å². The van der Waals surface area contributed by atoms with E-state index in [4.69, 9.17) is 23.2 Å². The van der Waals surface area contributed by atoms with Crippen molar-refractivity contribution in [1.29, 1.82) is 0 Å². The fraction of sp³-hybridized carbons (Fsp3) is 0.167. The van der Waals surface area contributed by atoms with E-state index in [-0.39, 0.29) is 22.5 Å². The summed E-state index contributed by atoms with van der Waals surface area (Å²) in [6.45, 7) is 3.39. The van der Waals surface area contributed by atoms with Gasteiger partial charge >= 0.3 is 5.69 Å². The van der Waals surface area contributed by atoms with Gasteiger partial charge in [-0.1, -0.05) is 17.7 Å². The van der Waals surface area contributed by atoms with Gasteiger partial charge in [-0.2, -0.15) is 4.98 Å². The number of aromatic nitrogens is 2. The van der Waals surface area contributed by atoms with Gasteiger partial charge in [0.15, 0.2) is 0 Å². The number of anilines is 2. The van der Waals surface area contributed by atoms with Crippen LogP contribution in [0.1, 0.15) is 11.3 Å². The molecule has 0 saturated heterocycles. The van der Waals surface area contributed by atoms with E-state index in [1.165, 1.54) is 6.92 Å². The van der Waals surface area contributed by atoms with Crippen LogP contribution >= 0.6 is 23.2 Å². The Morgan fingerprint density at radius 3 is 2.55 bits per heavy atom. The average Bonchev–Trinajstić information content (AvgIpc) is 2.31. The molecule has 1 aromatic carbocycles. The summed E-state index contributed by atoms with van der Waals surface area (Å²) in [5.41, 5.74) is 1.44. The molecule has 0 aliphatic carbocycles. The Balaban J connectivity index is 2.50. The summed E-state index contributed by atoms with van der Waals surface area (Å²) in [5, 5.41) is 14.3. The van der Waals surface area contributed by atoms with E-state index in [0.717, 1.165) is 5.56 Å². The van der Waals surface area contributed by atoms with E-state index in [2.05, 4.69) is 15.3 Å². The summed E-state index contributed by atoms with van der Waals surface area (Å²) < 4.78 is 0. The summed E-state index contributed by atoms with van der Waals surface area (Å²) in [6, 6.07) is 5.29. The maximum absolute atomic E-state index is 11.1. The number of nitrogens with zero attached hydrogens (tertiary/aromatic N) is 3. The lowest BCUT2D eigenvalue weighted by Crippen LogP contribution is -2.04. The Kier molecular flexibility index (Phi) is 4.06. The van der Waals surface area contributed by atoms with Crippen LogP contribution in [0.5, 0.6) is 0 Å². The van der Waals surface area contributed by atoms with Crippen LogP contribution in [0.25, 0.3) is 0 Å². The topological polar surface area (TPSA) is 81.0 Å². The van der Waals surface area contributed by atoms with Gasteiger partial charge in [0.05, 0.1) is 15.6 Å². The van der Waals surface area contributed by atoms with Crippen LogP contribution in [0.2, 0.25) is 10.3 Å². The molecule has 1 aromatic heterocycles. The molecule has 2 rings (SSSR count). The van der Waals surface area contributed by atoms with Crippen LogP contribution in [0.3, 0.4) is 0 Å². The smallest absolute Gasteiger partial charge is 0.332 e. The summed E-state index contributed by atoms with van der Waals surface area (Å²) in [6.07, 6.45) is 0. The number of benzene rings is 1. The van der Waals surface area contributed by atoms with Crippen molar-refractivity contribution in [3.8, 4) is 0 Å². The molecule has 2 aromatic rings. The second-order valence-corrected chi connectivity index (χ2v) is 4.89. The third-order valence-corrected chi connectivity index (χ3v) is 3.07. The number of aryl methyl sites for hydroxylation is 2. The van der Waals surface area contributed by atoms with Gasteiger partial charge in [-0.3, -0.25) is 10.1 Å². The van der Waals surface area contributed by atoms with E-state index >= 15 is 0 Å². The molecule has 0 atom stereocenters. The highest BCUT2D eigenvalue weighted by atomic mass is 35.5. The molecule has 0 fully saturated rings. The molecule has 0 bridgehead atoms. The molecule has 0 aliphatic heterocycles. The highest BCUT2D eigenvalue weighted by molar-refractivity contribution is 6.33. The largest absolute Gasteiger partial charge is 0.333 e. The van der Waals surface area contributed by atoms with E-state index < -0.39 is 4.92 Å². The molecule has 20 heavy (non-hydrogen) atoms. The Morgan fingerprint density at radius 2 is 1.95 bits per heavy atom. The summed E-state index contributed by atoms with van der Waals surface area (Å²) in [7, 11) is 0. The van der Waals surface area contributed by atoms with Crippen molar-refractivity contribution < 1.29 is 4.92 Å². The highest BCUT2D eigenvalue weighted by Crippen LogP contribution is 2.32. The molecule has 1 heterocycles. The van der Waals surface area contributed by atoms with Crippen LogP contribution < -0.4 is 5.32 Å². The summed E-state index contributed by atoms with van der Waals surface area (Å²) >= 11 is 11.8. The standard InChI is InChI=1S/C12H10Cl2N4O2/c1-6-3-4-9(8(13)5-6)16-11-10(18(19)20)7(2)15-12(14)17-11/h3-5H,1-2H3,(H,15,16,17). The second-order valence-electron chi connectivity index (χ2n) is 4.14. The molecular weight excluding hydrogens is 303 g/mol. The second kappa shape index (κ2) is 5.60. The van der Waals surface area contributed by atoms with E-state index in [9.17, 15) is 10.1 Å². The van der Waals surface area contributed by atoms with Gasteiger partial charge < -0.3 is 5.32 Å². The molecule has 104 valence electrons. The van der Waals surface area contributed by atoms with E-state index in [1.54, 1.807) is 12.1 Å². The number of hydrogen-bond donors (Lipinski definition) is 1. The minimum absolute atomic E-state index is 0.0123. The van der Waals surface area contributed by atoms with Crippen molar-refractivity contribution in [3.05, 3.63) is 49.9 Å². The zero-order chi connectivity index (χ0) is 14.9. The van der Waals surface area contributed by atoms with Gasteiger partial charge in [0.2, 0.25) is 11.1 Å². The van der Waals surface area contributed by atoms with Gasteiger partial charge in [-0.15, -0.1) is 0 Å². The molecule has 0 spiro atoms. The maximum atomic E-state index is 11.1. The van der Waals surface area contributed by atoms with Crippen molar-refractivity contribution in [3.63, 3.8) is 0 Å². The minimum Gasteiger partial charge on any atom is -0.333 e. The van der Waals surface area contributed by atoms with E-state index in [0.29, 0.717) is 10.7 Å². The average molecular weight is 313 g/mol. The molecular formula is C12H10Cl2N4O2. The number of halogens is 2. The molecule has 1 N–H and O–H groups in total. The first-order valence-corrected chi connectivity index (χ1v) is 6.36. The molecule has 0 amide bonds. The highest BCUT2D eigenvalue weighted by Gasteiger charge is 2.22. The fourth-order valence-electron chi connectivity index (χ4n) is 1.69. The third kappa shape index (κ3) is 2.97. The van der Waals surface area contributed by atoms with Crippen LogP contribution in [0.15, 0.2) is 18.2 Å². The van der Waals surface area contributed by atoms with Gasteiger partial charge in [0.1, 0.15) is 5.69 Å². The van der Waals surface area contributed by atoms with Crippen LogP contribution in [0.4, 0.5) is 17.2 Å². The molecule has 8 heteroatoms. The first kappa shape index (κ1) is 14.5. The van der Waals surface area contributed by atoms with Gasteiger partial charge in [0, 0.05) is 0 Å². The van der Waals surface area contributed by atoms with E-state index in [1.807, 2.05) is 13.0 Å². The monoisotopic (exact) mass is 312 g/mol. The fourth-order valence-corrected chi connectivity index (χ4v) is 2.18. The summed E-state index contributed by atoms with van der Waals surface area (Å²) in [5.74, 6) is 0.0123. The van der Waals surface area contributed by atoms with Gasteiger partial charge in [-0.05, 0) is 43.1 Å².